The second kappa shape index (κ2) is 2.29. The van der Waals surface area contributed by atoms with Gasteiger partial charge in [-0.25, -0.2) is 8.42 Å². The molecule has 56 valence electrons. The Kier molecular flexibility index (Phi) is 1.74. The van der Waals surface area contributed by atoms with Gasteiger partial charge in [-0.1, -0.05) is 0 Å². The summed E-state index contributed by atoms with van der Waals surface area (Å²) < 4.78 is 25.8. The summed E-state index contributed by atoms with van der Waals surface area (Å²) in [6.07, 6.45) is 1.28. The molecule has 5 heteroatoms. The molecule has 0 bridgehead atoms. The Morgan fingerprint density at radius 2 is 2.20 bits per heavy atom. The average molecular weight is 181 g/mol. The second-order valence-electron chi connectivity index (χ2n) is 1.83. The maximum atomic E-state index is 10.6. The van der Waals surface area contributed by atoms with Crippen molar-refractivity contribution in [3.8, 4) is 0 Å². The number of halogens is 1. The molecule has 0 spiro atoms. The first-order chi connectivity index (χ1) is 4.52. The molecular formula is C5H5ClO3S. The quantitative estimate of drug-likeness (QED) is 0.616. The fraction of sp³-hybridized carbons (Fsp3) is 0.200. The van der Waals surface area contributed by atoms with Gasteiger partial charge >= 0.3 is 0 Å². The predicted molar refractivity (Wildman–Crippen MR) is 36.5 cm³/mol. The van der Waals surface area contributed by atoms with Gasteiger partial charge in [-0.3, -0.25) is 0 Å². The Bertz CT molecular complexity index is 324. The van der Waals surface area contributed by atoms with Gasteiger partial charge < -0.3 is 4.42 Å². The normalized spacial score (nSPS) is 11.8. The first-order valence-corrected chi connectivity index (χ1v) is 4.81. The summed E-state index contributed by atoms with van der Waals surface area (Å²) in [7, 11) is 1.30. The van der Waals surface area contributed by atoms with Gasteiger partial charge in [-0.2, -0.15) is 0 Å². The van der Waals surface area contributed by atoms with Crippen LogP contribution in [0.2, 0.25) is 0 Å². The van der Waals surface area contributed by atoms with Crippen molar-refractivity contribution in [3.05, 3.63) is 17.9 Å². The molecule has 0 amide bonds. The molecule has 3 nitrogen and oxygen atoms in total. The van der Waals surface area contributed by atoms with E-state index >= 15 is 0 Å². The molecule has 0 fully saturated rings. The lowest BCUT2D eigenvalue weighted by Gasteiger charge is -1.88. The van der Waals surface area contributed by atoms with Crippen LogP contribution in [0.5, 0.6) is 0 Å². The molecule has 1 aromatic rings. The highest BCUT2D eigenvalue weighted by Crippen LogP contribution is 2.19. The van der Waals surface area contributed by atoms with Crippen LogP contribution in [-0.2, 0) is 9.05 Å². The lowest BCUT2D eigenvalue weighted by Crippen LogP contribution is -1.88. The van der Waals surface area contributed by atoms with E-state index in [0.717, 1.165) is 0 Å². The molecule has 0 aliphatic carbocycles. The van der Waals surface area contributed by atoms with Gasteiger partial charge in [0, 0.05) is 16.2 Å². The van der Waals surface area contributed by atoms with Gasteiger partial charge in [0.1, 0.15) is 0 Å². The minimum atomic E-state index is -3.68. The molecule has 1 rings (SSSR count). The SMILES string of the molecule is Cc1ccoc1S(=O)(=O)Cl. The van der Waals surface area contributed by atoms with Gasteiger partial charge in [0.25, 0.3) is 9.05 Å². The van der Waals surface area contributed by atoms with Crippen molar-refractivity contribution >= 4 is 19.7 Å². The first-order valence-electron chi connectivity index (χ1n) is 2.50. The van der Waals surface area contributed by atoms with E-state index in [9.17, 15) is 8.42 Å². The molecule has 0 saturated carbocycles. The molecule has 0 aromatic carbocycles. The minimum absolute atomic E-state index is 0.172. The summed E-state index contributed by atoms with van der Waals surface area (Å²) in [5.74, 6) is 0. The van der Waals surface area contributed by atoms with E-state index in [-0.39, 0.29) is 5.09 Å². The second-order valence-corrected chi connectivity index (χ2v) is 4.29. The maximum Gasteiger partial charge on any atom is 0.294 e. The van der Waals surface area contributed by atoms with E-state index in [4.69, 9.17) is 10.7 Å². The summed E-state index contributed by atoms with van der Waals surface area (Å²) in [6.45, 7) is 1.61. The third kappa shape index (κ3) is 1.33. The van der Waals surface area contributed by atoms with Gasteiger partial charge in [-0.05, 0) is 13.0 Å². The third-order valence-electron chi connectivity index (χ3n) is 1.04. The fourth-order valence-corrected chi connectivity index (χ4v) is 1.71. The van der Waals surface area contributed by atoms with Crippen molar-refractivity contribution < 1.29 is 12.8 Å². The van der Waals surface area contributed by atoms with Crippen LogP contribution in [0.4, 0.5) is 0 Å². The van der Waals surface area contributed by atoms with Crippen LogP contribution in [-0.4, -0.2) is 8.42 Å². The van der Waals surface area contributed by atoms with Crippen LogP contribution in [0.3, 0.4) is 0 Å². The zero-order chi connectivity index (χ0) is 7.78. The van der Waals surface area contributed by atoms with Crippen LogP contribution in [0.15, 0.2) is 21.8 Å². The zero-order valence-electron chi connectivity index (χ0n) is 5.17. The summed E-state index contributed by atoms with van der Waals surface area (Å²) in [4.78, 5) is 0. The van der Waals surface area contributed by atoms with E-state index in [1.807, 2.05) is 0 Å². The molecule has 10 heavy (non-hydrogen) atoms. The molecular weight excluding hydrogens is 176 g/mol. The molecule has 0 radical (unpaired) electrons. The van der Waals surface area contributed by atoms with Crippen molar-refractivity contribution in [3.63, 3.8) is 0 Å². The summed E-state index contributed by atoms with van der Waals surface area (Å²) in [5, 5.41) is -0.172. The highest BCUT2D eigenvalue weighted by molar-refractivity contribution is 8.13. The predicted octanol–water partition coefficient (Wildman–Crippen LogP) is 1.52. The van der Waals surface area contributed by atoms with Crippen LogP contribution < -0.4 is 0 Å². The number of furan rings is 1. The molecule has 0 aliphatic rings. The zero-order valence-corrected chi connectivity index (χ0v) is 6.74. The lowest BCUT2D eigenvalue weighted by molar-refractivity contribution is 0.451. The van der Waals surface area contributed by atoms with E-state index in [2.05, 4.69) is 4.42 Å². The Hall–Kier alpha value is -0.480. The Morgan fingerprint density at radius 3 is 2.40 bits per heavy atom. The maximum absolute atomic E-state index is 10.6. The van der Waals surface area contributed by atoms with Crippen LogP contribution in [0.25, 0.3) is 0 Å². The van der Waals surface area contributed by atoms with Gasteiger partial charge in [0.15, 0.2) is 0 Å². The lowest BCUT2D eigenvalue weighted by atomic mass is 10.4. The Morgan fingerprint density at radius 1 is 1.60 bits per heavy atom. The van der Waals surface area contributed by atoms with Crippen LogP contribution in [0.1, 0.15) is 5.56 Å². The van der Waals surface area contributed by atoms with Crippen molar-refractivity contribution in [2.45, 2.75) is 12.0 Å². The van der Waals surface area contributed by atoms with Crippen LogP contribution in [0, 0.1) is 6.92 Å². The van der Waals surface area contributed by atoms with Gasteiger partial charge in [0.2, 0.25) is 5.09 Å². The van der Waals surface area contributed by atoms with E-state index in [1.165, 1.54) is 12.3 Å². The average Bonchev–Trinajstić information content (AvgIpc) is 2.11. The highest BCUT2D eigenvalue weighted by Gasteiger charge is 2.16. The molecule has 0 aliphatic heterocycles. The van der Waals surface area contributed by atoms with Gasteiger partial charge in [-0.15, -0.1) is 0 Å². The minimum Gasteiger partial charge on any atom is -0.452 e. The Labute approximate surface area is 63.0 Å². The molecule has 0 N–H and O–H groups in total. The third-order valence-corrected chi connectivity index (χ3v) is 2.32. The number of aryl methyl sites for hydroxylation is 1. The number of hydrogen-bond donors (Lipinski definition) is 0. The summed E-state index contributed by atoms with van der Waals surface area (Å²) >= 11 is 0. The van der Waals surface area contributed by atoms with Crippen molar-refractivity contribution in [1.82, 2.24) is 0 Å². The fourth-order valence-electron chi connectivity index (χ4n) is 0.609. The summed E-state index contributed by atoms with van der Waals surface area (Å²) in [5.41, 5.74) is 0.523. The smallest absolute Gasteiger partial charge is 0.294 e. The van der Waals surface area contributed by atoms with Crippen molar-refractivity contribution in [2.75, 3.05) is 0 Å². The number of hydrogen-bond acceptors (Lipinski definition) is 3. The Balaban J connectivity index is 3.32. The topological polar surface area (TPSA) is 47.3 Å². The van der Waals surface area contributed by atoms with Crippen LogP contribution >= 0.6 is 10.7 Å². The number of rotatable bonds is 1. The standard InChI is InChI=1S/C5H5ClO3S/c1-4-2-3-9-5(4)10(6,7)8/h2-3H,1H3. The molecule has 1 heterocycles. The molecule has 0 atom stereocenters. The van der Waals surface area contributed by atoms with Crippen molar-refractivity contribution in [2.24, 2.45) is 0 Å². The monoisotopic (exact) mass is 180 g/mol. The summed E-state index contributed by atoms with van der Waals surface area (Å²) in [6, 6.07) is 1.54. The van der Waals surface area contributed by atoms with Gasteiger partial charge in [0.05, 0.1) is 6.26 Å². The van der Waals surface area contributed by atoms with E-state index in [1.54, 1.807) is 6.92 Å². The highest BCUT2D eigenvalue weighted by atomic mass is 35.7. The molecule has 0 saturated heterocycles. The van der Waals surface area contributed by atoms with E-state index < -0.39 is 9.05 Å². The first kappa shape index (κ1) is 7.63. The molecule has 1 aromatic heterocycles. The largest absolute Gasteiger partial charge is 0.452 e. The van der Waals surface area contributed by atoms with E-state index in [0.29, 0.717) is 5.56 Å². The van der Waals surface area contributed by atoms with Crippen molar-refractivity contribution in [1.29, 1.82) is 0 Å². The molecule has 0 unspecified atom stereocenters.